The van der Waals surface area contributed by atoms with E-state index in [0.29, 0.717) is 5.75 Å². The van der Waals surface area contributed by atoms with Crippen molar-refractivity contribution < 1.29 is 24.0 Å². The predicted octanol–water partition coefficient (Wildman–Crippen LogP) is 4.34. The van der Waals surface area contributed by atoms with E-state index in [1.807, 2.05) is 78.2 Å². The topological polar surface area (TPSA) is 88.5 Å². The van der Waals surface area contributed by atoms with E-state index in [1.165, 1.54) is 43.3 Å². The third-order valence-corrected chi connectivity index (χ3v) is 9.08. The third kappa shape index (κ3) is 4.81. The van der Waals surface area contributed by atoms with Crippen molar-refractivity contribution in [3.8, 4) is 0 Å². The van der Waals surface area contributed by atoms with Gasteiger partial charge >= 0.3 is 5.97 Å². The number of fused-ring (bicyclic) bond motifs is 1. The van der Waals surface area contributed by atoms with Crippen LogP contribution in [-0.2, 0) is 24.0 Å². The van der Waals surface area contributed by atoms with Crippen LogP contribution in [0.1, 0.15) is 24.2 Å². The van der Waals surface area contributed by atoms with Crippen LogP contribution in [-0.4, -0.2) is 59.7 Å². The minimum atomic E-state index is -1.22. The molecule has 196 valence electrons. The fraction of sp³-hybridized carbons (Fsp3) is 0.286. The number of oxime groups is 1. The third-order valence-electron chi connectivity index (χ3n) is 6.68. The Balaban J connectivity index is 1.41. The number of carbonyl (C=O) groups excluding carboxylic acids is 3. The van der Waals surface area contributed by atoms with Gasteiger partial charge in [-0.2, -0.15) is 0 Å². The molecule has 2 fully saturated rings. The Bertz CT molecular complexity index is 1280. The maximum Gasteiger partial charge on any atom is 0.321 e. The zero-order valence-corrected chi connectivity index (χ0v) is 22.6. The van der Waals surface area contributed by atoms with Crippen LogP contribution in [0.3, 0.4) is 0 Å². The van der Waals surface area contributed by atoms with E-state index in [2.05, 4.69) is 5.16 Å². The Morgan fingerprint density at radius 1 is 1.08 bits per heavy atom. The number of ether oxygens (including phenoxy) is 1. The summed E-state index contributed by atoms with van der Waals surface area (Å²) in [6.07, 6.45) is 0.807. The lowest BCUT2D eigenvalue weighted by atomic mass is 9.87. The SMILES string of the molecule is CON=CC1(C(=O)OC(c2ccccc2)c2ccccc2)CS[C@@H]2C(N(C(C)=O)c3cccs3)C(=O)N2C1. The van der Waals surface area contributed by atoms with Gasteiger partial charge in [-0.25, -0.2) is 0 Å². The summed E-state index contributed by atoms with van der Waals surface area (Å²) < 4.78 is 6.18. The lowest BCUT2D eigenvalue weighted by Crippen LogP contribution is -2.74. The van der Waals surface area contributed by atoms with E-state index in [4.69, 9.17) is 9.57 Å². The molecule has 2 aromatic carbocycles. The monoisotopic (exact) mass is 549 g/mol. The molecular formula is C28H27N3O5S2. The number of esters is 1. The minimum absolute atomic E-state index is 0.0815. The zero-order chi connectivity index (χ0) is 26.7. The van der Waals surface area contributed by atoms with Crippen molar-refractivity contribution in [3.05, 3.63) is 89.3 Å². The smallest absolute Gasteiger partial charge is 0.321 e. The van der Waals surface area contributed by atoms with Crippen molar-refractivity contribution >= 4 is 52.1 Å². The molecule has 2 saturated heterocycles. The minimum Gasteiger partial charge on any atom is -0.452 e. The summed E-state index contributed by atoms with van der Waals surface area (Å²) in [4.78, 5) is 47.9. The van der Waals surface area contributed by atoms with Gasteiger partial charge in [0, 0.05) is 19.2 Å². The normalized spacial score (nSPS) is 22.6. The largest absolute Gasteiger partial charge is 0.452 e. The Morgan fingerprint density at radius 3 is 2.29 bits per heavy atom. The number of β-lactam (4-membered cyclic amide) rings is 1. The summed E-state index contributed by atoms with van der Waals surface area (Å²) in [7, 11) is 1.40. The molecule has 10 heteroatoms. The second-order valence-corrected chi connectivity index (χ2v) is 11.2. The molecule has 0 N–H and O–H groups in total. The molecule has 8 nitrogen and oxygen atoms in total. The molecule has 0 spiro atoms. The molecule has 2 unspecified atom stereocenters. The Morgan fingerprint density at radius 2 is 1.74 bits per heavy atom. The maximum absolute atomic E-state index is 13.9. The first kappa shape index (κ1) is 26.0. The summed E-state index contributed by atoms with van der Waals surface area (Å²) in [5.41, 5.74) is 0.449. The van der Waals surface area contributed by atoms with Gasteiger partial charge in [-0.1, -0.05) is 65.8 Å². The van der Waals surface area contributed by atoms with Crippen molar-refractivity contribution in [1.82, 2.24) is 4.90 Å². The van der Waals surface area contributed by atoms with E-state index >= 15 is 0 Å². The van der Waals surface area contributed by atoms with Crippen LogP contribution in [0.2, 0.25) is 0 Å². The van der Waals surface area contributed by atoms with Gasteiger partial charge in [0.1, 0.15) is 23.9 Å². The van der Waals surface area contributed by atoms with Crippen molar-refractivity contribution in [1.29, 1.82) is 0 Å². The molecule has 5 rings (SSSR count). The number of hydrogen-bond donors (Lipinski definition) is 0. The van der Waals surface area contributed by atoms with Gasteiger partial charge in [-0.15, -0.1) is 23.1 Å². The summed E-state index contributed by atoms with van der Waals surface area (Å²) in [6.45, 7) is 1.54. The van der Waals surface area contributed by atoms with Crippen LogP contribution < -0.4 is 4.90 Å². The van der Waals surface area contributed by atoms with E-state index in [9.17, 15) is 14.4 Å². The van der Waals surface area contributed by atoms with E-state index in [1.54, 1.807) is 9.80 Å². The highest BCUT2D eigenvalue weighted by molar-refractivity contribution is 8.00. The Hall–Kier alpha value is -3.63. The molecule has 2 amide bonds. The molecule has 2 aliphatic rings. The van der Waals surface area contributed by atoms with Crippen LogP contribution in [0.4, 0.5) is 5.00 Å². The first-order valence-electron chi connectivity index (χ1n) is 12.1. The number of nitrogens with zero attached hydrogens (tertiary/aromatic N) is 3. The number of hydrogen-bond acceptors (Lipinski definition) is 8. The highest BCUT2D eigenvalue weighted by Gasteiger charge is 2.60. The lowest BCUT2D eigenvalue weighted by molar-refractivity contribution is -0.160. The Labute approximate surface area is 229 Å². The summed E-state index contributed by atoms with van der Waals surface area (Å²) in [5.74, 6) is -0.594. The second kappa shape index (κ2) is 11.0. The highest BCUT2D eigenvalue weighted by atomic mass is 32.2. The fourth-order valence-corrected chi connectivity index (χ4v) is 7.13. The summed E-state index contributed by atoms with van der Waals surface area (Å²) >= 11 is 2.85. The first-order valence-corrected chi connectivity index (χ1v) is 14.0. The standard InChI is InChI=1S/C28H27N3O5S2/c1-19(32)31(22-14-9-15-37-22)23-25(33)30-17-28(16-29-35-2,18-38-26(23)30)27(34)36-24(20-10-5-3-6-11-20)21-12-7-4-8-13-21/h3-16,23-24,26H,17-18H2,1-2H3/t23?,26-,28?/m1/s1. The predicted molar refractivity (Wildman–Crippen MR) is 148 cm³/mol. The lowest BCUT2D eigenvalue weighted by Gasteiger charge is -2.55. The van der Waals surface area contributed by atoms with Gasteiger partial charge < -0.3 is 14.5 Å². The van der Waals surface area contributed by atoms with Crippen LogP contribution >= 0.6 is 23.1 Å². The van der Waals surface area contributed by atoms with Crippen molar-refractivity contribution in [2.45, 2.75) is 24.4 Å². The number of carbonyl (C=O) groups is 3. The van der Waals surface area contributed by atoms with E-state index < -0.39 is 23.5 Å². The fourth-order valence-electron chi connectivity index (χ4n) is 4.79. The average molecular weight is 550 g/mol. The second-order valence-electron chi connectivity index (χ2n) is 9.13. The molecule has 0 saturated carbocycles. The molecule has 2 aliphatic heterocycles. The van der Waals surface area contributed by atoms with Gasteiger partial charge in [0.25, 0.3) is 0 Å². The number of rotatable bonds is 8. The van der Waals surface area contributed by atoms with Gasteiger partial charge in [0.2, 0.25) is 11.8 Å². The van der Waals surface area contributed by atoms with Gasteiger partial charge in [-0.05, 0) is 28.6 Å². The molecule has 3 atom stereocenters. The molecule has 3 aromatic rings. The van der Waals surface area contributed by atoms with Crippen LogP contribution in [0, 0.1) is 5.41 Å². The van der Waals surface area contributed by atoms with Crippen LogP contribution in [0.5, 0.6) is 0 Å². The number of amides is 2. The molecular weight excluding hydrogens is 522 g/mol. The maximum atomic E-state index is 13.9. The van der Waals surface area contributed by atoms with Crippen molar-refractivity contribution in [2.24, 2.45) is 10.6 Å². The van der Waals surface area contributed by atoms with Gasteiger partial charge in [-0.3, -0.25) is 19.3 Å². The molecule has 38 heavy (non-hydrogen) atoms. The van der Waals surface area contributed by atoms with Crippen LogP contribution in [0.15, 0.2) is 83.3 Å². The van der Waals surface area contributed by atoms with Crippen molar-refractivity contribution in [3.63, 3.8) is 0 Å². The van der Waals surface area contributed by atoms with Crippen LogP contribution in [0.25, 0.3) is 0 Å². The highest BCUT2D eigenvalue weighted by Crippen LogP contribution is 2.46. The summed E-state index contributed by atoms with van der Waals surface area (Å²) in [5, 5.41) is 6.26. The molecule has 1 aromatic heterocycles. The first-order chi connectivity index (χ1) is 18.4. The van der Waals surface area contributed by atoms with E-state index in [-0.39, 0.29) is 23.7 Å². The number of anilines is 1. The summed E-state index contributed by atoms with van der Waals surface area (Å²) in [6, 6.07) is 22.1. The average Bonchev–Trinajstić information content (AvgIpc) is 3.48. The Kier molecular flexibility index (Phi) is 7.53. The number of thiophene rings is 1. The molecule has 0 aliphatic carbocycles. The number of thioether (sulfide) groups is 1. The number of benzene rings is 2. The quantitative estimate of drug-likeness (QED) is 0.180. The van der Waals surface area contributed by atoms with Crippen molar-refractivity contribution in [2.75, 3.05) is 24.3 Å². The van der Waals surface area contributed by atoms with E-state index in [0.717, 1.165) is 16.1 Å². The molecule has 0 bridgehead atoms. The molecule has 0 radical (unpaired) electrons. The zero-order valence-electron chi connectivity index (χ0n) is 20.9. The molecule has 3 heterocycles. The van der Waals surface area contributed by atoms with Gasteiger partial charge in [0.05, 0.1) is 11.2 Å². The van der Waals surface area contributed by atoms with Gasteiger partial charge in [0.15, 0.2) is 6.10 Å².